The lowest BCUT2D eigenvalue weighted by molar-refractivity contribution is -0.380. The second-order valence-electron chi connectivity index (χ2n) is 6.97. The molecule has 0 bridgehead atoms. The summed E-state index contributed by atoms with van der Waals surface area (Å²) in [6, 6.07) is 17.1. The largest absolute Gasteiger partial charge is 0.368 e. The highest BCUT2D eigenvalue weighted by atomic mass is 32.1. The van der Waals surface area contributed by atoms with E-state index in [9.17, 15) is 14.9 Å². The molecule has 0 radical (unpaired) electrons. The molecule has 31 heavy (non-hydrogen) atoms. The zero-order valence-electron chi connectivity index (χ0n) is 16.7. The van der Waals surface area contributed by atoms with Gasteiger partial charge in [-0.2, -0.15) is 0 Å². The topological polar surface area (TPSA) is 91.6 Å². The van der Waals surface area contributed by atoms with E-state index in [1.807, 2.05) is 18.2 Å². The number of hydrogen-bond acceptors (Lipinski definition) is 7. The molecular weight excluding hydrogens is 414 g/mol. The standard InChI is InChI=1S/C22H21N5O3S/c28-21(10-7-19-8-11-22(31-19)27(29)30)24-17-6-9-20(23-16-17)26-14-12-25(13-15-26)18-4-2-1-3-5-18/h1-11,16H,12-15H2,(H,24,28)/b10-7+. The summed E-state index contributed by atoms with van der Waals surface area (Å²) in [5.41, 5.74) is 1.83. The van der Waals surface area contributed by atoms with Crippen LogP contribution >= 0.6 is 11.3 Å². The molecule has 1 aliphatic rings. The van der Waals surface area contributed by atoms with Crippen molar-refractivity contribution in [3.8, 4) is 0 Å². The Morgan fingerprint density at radius 2 is 1.77 bits per heavy atom. The number of nitrogens with one attached hydrogen (secondary N) is 1. The first-order chi connectivity index (χ1) is 15.1. The summed E-state index contributed by atoms with van der Waals surface area (Å²) in [7, 11) is 0. The summed E-state index contributed by atoms with van der Waals surface area (Å²) in [6.45, 7) is 3.61. The number of anilines is 3. The summed E-state index contributed by atoms with van der Waals surface area (Å²) in [6.07, 6.45) is 4.55. The van der Waals surface area contributed by atoms with E-state index in [0.29, 0.717) is 10.6 Å². The fourth-order valence-electron chi connectivity index (χ4n) is 3.35. The van der Waals surface area contributed by atoms with E-state index >= 15 is 0 Å². The highest BCUT2D eigenvalue weighted by Crippen LogP contribution is 2.25. The van der Waals surface area contributed by atoms with Crippen molar-refractivity contribution in [2.24, 2.45) is 0 Å². The molecule has 1 fully saturated rings. The van der Waals surface area contributed by atoms with Crippen LogP contribution in [0.4, 0.5) is 22.2 Å². The van der Waals surface area contributed by atoms with Gasteiger partial charge in [0.25, 0.3) is 0 Å². The monoisotopic (exact) mass is 435 g/mol. The van der Waals surface area contributed by atoms with E-state index in [2.05, 4.69) is 44.4 Å². The maximum absolute atomic E-state index is 12.1. The molecule has 158 valence electrons. The van der Waals surface area contributed by atoms with Gasteiger partial charge in [0.1, 0.15) is 5.82 Å². The molecule has 0 saturated carbocycles. The SMILES string of the molecule is O=C(/C=C/c1ccc([N+](=O)[O-])s1)Nc1ccc(N2CCN(c3ccccc3)CC2)nc1. The zero-order chi connectivity index (χ0) is 21.6. The van der Waals surface area contributed by atoms with Gasteiger partial charge in [0.05, 0.1) is 16.8 Å². The summed E-state index contributed by atoms with van der Waals surface area (Å²) in [5, 5.41) is 13.5. The lowest BCUT2D eigenvalue weighted by atomic mass is 10.2. The smallest absolute Gasteiger partial charge is 0.324 e. The first-order valence-corrected chi connectivity index (χ1v) is 10.6. The van der Waals surface area contributed by atoms with Gasteiger partial charge < -0.3 is 15.1 Å². The molecule has 0 unspecified atom stereocenters. The quantitative estimate of drug-likeness (QED) is 0.357. The molecular formula is C22H21N5O3S. The van der Waals surface area contributed by atoms with Gasteiger partial charge in [-0.05, 0) is 36.4 Å². The molecule has 0 spiro atoms. The number of pyridine rings is 1. The number of benzene rings is 1. The van der Waals surface area contributed by atoms with E-state index in [0.717, 1.165) is 43.3 Å². The molecule has 3 aromatic rings. The fraction of sp³-hybridized carbons (Fsp3) is 0.182. The second kappa shape index (κ2) is 9.40. The van der Waals surface area contributed by atoms with Crippen LogP contribution in [0.25, 0.3) is 6.08 Å². The number of carbonyl (C=O) groups is 1. The van der Waals surface area contributed by atoms with Gasteiger partial charge in [0, 0.05) is 48.9 Å². The third-order valence-electron chi connectivity index (χ3n) is 4.93. The Morgan fingerprint density at radius 3 is 2.42 bits per heavy atom. The van der Waals surface area contributed by atoms with Crippen LogP contribution in [0.1, 0.15) is 4.88 Å². The molecule has 8 nitrogen and oxygen atoms in total. The minimum atomic E-state index is -0.448. The number of carbonyl (C=O) groups excluding carboxylic acids is 1. The first kappa shape index (κ1) is 20.5. The maximum Gasteiger partial charge on any atom is 0.324 e. The van der Waals surface area contributed by atoms with Crippen molar-refractivity contribution in [1.82, 2.24) is 4.98 Å². The van der Waals surface area contributed by atoms with Gasteiger partial charge in [0.2, 0.25) is 5.91 Å². The van der Waals surface area contributed by atoms with Crippen molar-refractivity contribution in [2.75, 3.05) is 41.3 Å². The molecule has 9 heteroatoms. The van der Waals surface area contributed by atoms with Crippen LogP contribution in [0.5, 0.6) is 0 Å². The number of rotatable bonds is 6. The molecule has 1 amide bonds. The fourth-order valence-corrected chi connectivity index (χ4v) is 4.08. The van der Waals surface area contributed by atoms with Gasteiger partial charge in [-0.1, -0.05) is 29.5 Å². The second-order valence-corrected chi connectivity index (χ2v) is 8.06. The Bertz CT molecular complexity index is 1070. The van der Waals surface area contributed by atoms with E-state index in [4.69, 9.17) is 0 Å². The van der Waals surface area contributed by atoms with Crippen molar-refractivity contribution in [2.45, 2.75) is 0 Å². The molecule has 1 aliphatic heterocycles. The van der Waals surface area contributed by atoms with E-state index in [-0.39, 0.29) is 10.9 Å². The lowest BCUT2D eigenvalue weighted by Crippen LogP contribution is -2.46. The predicted octanol–water partition coefficient (Wildman–Crippen LogP) is 4.03. The highest BCUT2D eigenvalue weighted by Gasteiger charge is 2.18. The summed E-state index contributed by atoms with van der Waals surface area (Å²) >= 11 is 1.02. The molecule has 0 aliphatic carbocycles. The number of nitrogens with zero attached hydrogens (tertiary/aromatic N) is 4. The van der Waals surface area contributed by atoms with Crippen molar-refractivity contribution >= 4 is 45.5 Å². The number of para-hydroxylation sites is 1. The minimum absolute atomic E-state index is 0.0458. The van der Waals surface area contributed by atoms with Crippen molar-refractivity contribution in [1.29, 1.82) is 0 Å². The van der Waals surface area contributed by atoms with E-state index in [1.54, 1.807) is 18.3 Å². The maximum atomic E-state index is 12.1. The van der Waals surface area contributed by atoms with E-state index in [1.165, 1.54) is 17.8 Å². The van der Waals surface area contributed by atoms with Crippen LogP contribution in [-0.4, -0.2) is 42.0 Å². The third-order valence-corrected chi connectivity index (χ3v) is 5.93. The molecule has 1 N–H and O–H groups in total. The Balaban J connectivity index is 1.29. The number of amides is 1. The van der Waals surface area contributed by atoms with Crippen LogP contribution in [0.15, 0.2) is 66.9 Å². The van der Waals surface area contributed by atoms with Crippen LogP contribution in [0, 0.1) is 10.1 Å². The molecule has 1 saturated heterocycles. The molecule has 1 aromatic carbocycles. The van der Waals surface area contributed by atoms with Gasteiger partial charge in [-0.15, -0.1) is 0 Å². The van der Waals surface area contributed by atoms with E-state index < -0.39 is 4.92 Å². The number of thiophene rings is 1. The number of aromatic nitrogens is 1. The Labute approximate surface area is 183 Å². The Kier molecular flexibility index (Phi) is 6.23. The zero-order valence-corrected chi connectivity index (χ0v) is 17.5. The third kappa shape index (κ3) is 5.26. The molecule has 0 atom stereocenters. The van der Waals surface area contributed by atoms with Crippen molar-refractivity contribution in [3.05, 3.63) is 81.9 Å². The molecule has 4 rings (SSSR count). The average Bonchev–Trinajstić information content (AvgIpc) is 3.29. The van der Waals surface area contributed by atoms with Crippen LogP contribution in [-0.2, 0) is 4.79 Å². The number of piperazine rings is 1. The van der Waals surface area contributed by atoms with Crippen LogP contribution in [0.3, 0.4) is 0 Å². The first-order valence-electron chi connectivity index (χ1n) is 9.83. The number of hydrogen-bond donors (Lipinski definition) is 1. The van der Waals surface area contributed by atoms with Crippen LogP contribution < -0.4 is 15.1 Å². The lowest BCUT2D eigenvalue weighted by Gasteiger charge is -2.36. The predicted molar refractivity (Wildman–Crippen MR) is 124 cm³/mol. The Morgan fingerprint density at radius 1 is 1.03 bits per heavy atom. The summed E-state index contributed by atoms with van der Waals surface area (Å²) in [4.78, 5) is 32.1. The highest BCUT2D eigenvalue weighted by molar-refractivity contribution is 7.16. The average molecular weight is 436 g/mol. The Hall–Kier alpha value is -3.72. The van der Waals surface area contributed by atoms with Gasteiger partial charge in [0.15, 0.2) is 0 Å². The normalized spacial score (nSPS) is 14.1. The summed E-state index contributed by atoms with van der Waals surface area (Å²) < 4.78 is 0. The number of nitro groups is 1. The van der Waals surface area contributed by atoms with Gasteiger partial charge in [-0.25, -0.2) is 4.98 Å². The van der Waals surface area contributed by atoms with Crippen molar-refractivity contribution in [3.63, 3.8) is 0 Å². The van der Waals surface area contributed by atoms with Gasteiger partial charge in [-0.3, -0.25) is 14.9 Å². The van der Waals surface area contributed by atoms with Crippen molar-refractivity contribution < 1.29 is 9.72 Å². The van der Waals surface area contributed by atoms with Crippen LogP contribution in [0.2, 0.25) is 0 Å². The molecule has 3 heterocycles. The minimum Gasteiger partial charge on any atom is -0.368 e. The summed E-state index contributed by atoms with van der Waals surface area (Å²) in [5.74, 6) is 0.564. The molecule has 2 aromatic heterocycles. The van der Waals surface area contributed by atoms with Gasteiger partial charge >= 0.3 is 5.00 Å².